The lowest BCUT2D eigenvalue weighted by atomic mass is 9.79. The molecule has 0 atom stereocenters. The topological polar surface area (TPSA) is 60.8 Å². The predicted octanol–water partition coefficient (Wildman–Crippen LogP) is -0.0125. The Labute approximate surface area is 99.8 Å². The maximum atomic E-state index is 13.8. The first kappa shape index (κ1) is 13.7. The quantitative estimate of drug-likeness (QED) is 0.726. The summed E-state index contributed by atoms with van der Waals surface area (Å²) >= 11 is 0. The summed E-state index contributed by atoms with van der Waals surface area (Å²) in [5.41, 5.74) is -0.428. The van der Waals surface area contributed by atoms with Gasteiger partial charge in [-0.05, 0) is 19.9 Å². The molecule has 0 aliphatic heterocycles. The predicted molar refractivity (Wildman–Crippen MR) is 63.5 cm³/mol. The van der Waals surface area contributed by atoms with Gasteiger partial charge in [0, 0.05) is 18.6 Å². The molecule has 1 rings (SSSR count). The molecule has 1 amide bonds. The van der Waals surface area contributed by atoms with Gasteiger partial charge in [-0.3, -0.25) is 4.79 Å². The summed E-state index contributed by atoms with van der Waals surface area (Å²) < 4.78 is 13.8. The summed E-state index contributed by atoms with van der Waals surface area (Å²) in [6.45, 7) is 4.54. The lowest BCUT2D eigenvalue weighted by molar-refractivity contribution is 0.0768. The van der Waals surface area contributed by atoms with Crippen molar-refractivity contribution in [3.8, 4) is 0 Å². The Hall–Kier alpha value is -1.40. The van der Waals surface area contributed by atoms with E-state index in [-0.39, 0.29) is 11.0 Å². The van der Waals surface area contributed by atoms with Gasteiger partial charge in [0.25, 0.3) is 5.91 Å². The van der Waals surface area contributed by atoms with E-state index in [0.29, 0.717) is 13.1 Å². The van der Waals surface area contributed by atoms with Crippen LogP contribution < -0.4 is 5.46 Å². The Balaban J connectivity index is 3.14. The minimum atomic E-state index is -1.92. The lowest BCUT2D eigenvalue weighted by Crippen LogP contribution is -2.37. The van der Waals surface area contributed by atoms with Crippen LogP contribution in [0.25, 0.3) is 0 Å². The van der Waals surface area contributed by atoms with E-state index < -0.39 is 18.8 Å². The van der Waals surface area contributed by atoms with Crippen molar-refractivity contribution < 1.29 is 19.2 Å². The van der Waals surface area contributed by atoms with Crippen molar-refractivity contribution in [2.24, 2.45) is 0 Å². The molecular formula is C11H15BFNO3. The van der Waals surface area contributed by atoms with Crippen LogP contribution in [0, 0.1) is 5.82 Å². The van der Waals surface area contributed by atoms with Crippen LogP contribution in [0.3, 0.4) is 0 Å². The van der Waals surface area contributed by atoms with Crippen molar-refractivity contribution in [1.82, 2.24) is 4.90 Å². The van der Waals surface area contributed by atoms with E-state index in [1.54, 1.807) is 13.8 Å². The molecule has 0 unspecified atom stereocenters. The number of hydrogen-bond donors (Lipinski definition) is 2. The maximum Gasteiger partial charge on any atom is 0.491 e. The second kappa shape index (κ2) is 5.79. The molecule has 17 heavy (non-hydrogen) atoms. The number of carbonyl (C=O) groups excluding carboxylic acids is 1. The van der Waals surface area contributed by atoms with Crippen molar-refractivity contribution in [1.29, 1.82) is 0 Å². The van der Waals surface area contributed by atoms with Crippen LogP contribution >= 0.6 is 0 Å². The number of halogens is 1. The van der Waals surface area contributed by atoms with Gasteiger partial charge < -0.3 is 14.9 Å². The van der Waals surface area contributed by atoms with Gasteiger partial charge in [0.2, 0.25) is 0 Å². The molecule has 0 radical (unpaired) electrons. The van der Waals surface area contributed by atoms with Gasteiger partial charge >= 0.3 is 7.12 Å². The highest BCUT2D eigenvalue weighted by atomic mass is 19.1. The largest absolute Gasteiger partial charge is 0.491 e. The van der Waals surface area contributed by atoms with E-state index >= 15 is 0 Å². The number of rotatable bonds is 4. The zero-order valence-electron chi connectivity index (χ0n) is 9.85. The minimum absolute atomic E-state index is 0.140. The van der Waals surface area contributed by atoms with Gasteiger partial charge in [-0.25, -0.2) is 4.39 Å². The summed E-state index contributed by atoms with van der Waals surface area (Å²) in [7, 11) is -1.92. The molecule has 0 heterocycles. The fourth-order valence-corrected chi connectivity index (χ4v) is 1.60. The van der Waals surface area contributed by atoms with Crippen LogP contribution in [0.2, 0.25) is 0 Å². The number of hydrogen-bond acceptors (Lipinski definition) is 3. The molecule has 0 saturated carbocycles. The van der Waals surface area contributed by atoms with Crippen molar-refractivity contribution >= 4 is 18.5 Å². The fraction of sp³-hybridized carbons (Fsp3) is 0.364. The molecule has 0 aliphatic carbocycles. The van der Waals surface area contributed by atoms with E-state index in [4.69, 9.17) is 10.0 Å². The van der Waals surface area contributed by atoms with Crippen molar-refractivity contribution in [3.05, 3.63) is 29.6 Å². The highest BCUT2D eigenvalue weighted by Gasteiger charge is 2.23. The molecule has 4 nitrogen and oxygen atoms in total. The Kier molecular flexibility index (Phi) is 4.66. The third-order valence-electron chi connectivity index (χ3n) is 2.59. The molecular weight excluding hydrogens is 224 g/mol. The molecule has 0 spiro atoms. The van der Waals surface area contributed by atoms with Gasteiger partial charge in [0.05, 0.1) is 5.56 Å². The summed E-state index contributed by atoms with van der Waals surface area (Å²) in [5.74, 6) is -1.32. The second-order valence-corrected chi connectivity index (χ2v) is 3.56. The van der Waals surface area contributed by atoms with Gasteiger partial charge in [0.1, 0.15) is 5.82 Å². The van der Waals surface area contributed by atoms with Crippen LogP contribution in [0.4, 0.5) is 4.39 Å². The monoisotopic (exact) mass is 239 g/mol. The van der Waals surface area contributed by atoms with Crippen molar-refractivity contribution in [3.63, 3.8) is 0 Å². The van der Waals surface area contributed by atoms with Crippen LogP contribution in [-0.4, -0.2) is 41.1 Å². The Bertz CT molecular complexity index is 408. The standard InChI is InChI=1S/C11H15BFNO3/c1-3-14(4-2)11(15)8-6-5-7-9(10(8)13)12(16)17/h5-7,16-17H,3-4H2,1-2H3. The second-order valence-electron chi connectivity index (χ2n) is 3.56. The average molecular weight is 239 g/mol. The van der Waals surface area contributed by atoms with Gasteiger partial charge in [0.15, 0.2) is 0 Å². The Morgan fingerprint density at radius 2 is 1.94 bits per heavy atom. The SMILES string of the molecule is CCN(CC)C(=O)c1cccc(B(O)O)c1F. The third kappa shape index (κ3) is 2.84. The van der Waals surface area contributed by atoms with Crippen molar-refractivity contribution in [2.75, 3.05) is 13.1 Å². The first-order valence-corrected chi connectivity index (χ1v) is 5.46. The minimum Gasteiger partial charge on any atom is -0.423 e. The number of amides is 1. The van der Waals surface area contributed by atoms with E-state index in [2.05, 4.69) is 0 Å². The molecule has 0 aromatic heterocycles. The highest BCUT2D eigenvalue weighted by molar-refractivity contribution is 6.58. The van der Waals surface area contributed by atoms with E-state index in [1.807, 2.05) is 0 Å². The van der Waals surface area contributed by atoms with Crippen LogP contribution in [0.5, 0.6) is 0 Å². The molecule has 1 aromatic carbocycles. The molecule has 0 bridgehead atoms. The van der Waals surface area contributed by atoms with E-state index in [0.717, 1.165) is 0 Å². The summed E-state index contributed by atoms with van der Waals surface area (Å²) in [6, 6.07) is 4.00. The highest BCUT2D eigenvalue weighted by Crippen LogP contribution is 2.09. The normalized spacial score (nSPS) is 10.2. The van der Waals surface area contributed by atoms with E-state index in [9.17, 15) is 9.18 Å². The molecule has 6 heteroatoms. The van der Waals surface area contributed by atoms with Gasteiger partial charge in [-0.15, -0.1) is 0 Å². The zero-order valence-corrected chi connectivity index (χ0v) is 9.85. The lowest BCUT2D eigenvalue weighted by Gasteiger charge is -2.19. The first-order valence-electron chi connectivity index (χ1n) is 5.46. The third-order valence-corrected chi connectivity index (χ3v) is 2.59. The molecule has 0 aliphatic rings. The molecule has 92 valence electrons. The van der Waals surface area contributed by atoms with E-state index in [1.165, 1.54) is 23.1 Å². The van der Waals surface area contributed by atoms with Crippen LogP contribution in [0.1, 0.15) is 24.2 Å². The number of benzene rings is 1. The number of carbonyl (C=O) groups is 1. The van der Waals surface area contributed by atoms with Crippen molar-refractivity contribution in [2.45, 2.75) is 13.8 Å². The van der Waals surface area contributed by atoms with Gasteiger partial charge in [-0.1, -0.05) is 12.1 Å². The summed E-state index contributed by atoms with van der Waals surface area (Å²) in [6.07, 6.45) is 0. The summed E-state index contributed by atoms with van der Waals surface area (Å²) in [5, 5.41) is 17.9. The Morgan fingerprint density at radius 1 is 1.35 bits per heavy atom. The average Bonchev–Trinajstić information content (AvgIpc) is 2.30. The summed E-state index contributed by atoms with van der Waals surface area (Å²) in [4.78, 5) is 13.4. The van der Waals surface area contributed by atoms with Crippen LogP contribution in [-0.2, 0) is 0 Å². The molecule has 1 aromatic rings. The number of nitrogens with zero attached hydrogens (tertiary/aromatic N) is 1. The molecule has 0 saturated heterocycles. The maximum absolute atomic E-state index is 13.8. The first-order chi connectivity index (χ1) is 8.02. The zero-order chi connectivity index (χ0) is 13.0. The molecule has 2 N–H and O–H groups in total. The molecule has 0 fully saturated rings. The van der Waals surface area contributed by atoms with Crippen LogP contribution in [0.15, 0.2) is 18.2 Å². The fourth-order valence-electron chi connectivity index (χ4n) is 1.60. The Morgan fingerprint density at radius 3 is 2.41 bits per heavy atom. The van der Waals surface area contributed by atoms with Gasteiger partial charge in [-0.2, -0.15) is 0 Å². The smallest absolute Gasteiger partial charge is 0.423 e.